The molecular formula is C12H18N4O2S. The third kappa shape index (κ3) is 3.25. The van der Waals surface area contributed by atoms with Gasteiger partial charge in [0.1, 0.15) is 9.88 Å². The number of nitrogen functional groups attached to an aromatic ring is 1. The minimum absolute atomic E-state index is 0.188. The highest BCUT2D eigenvalue weighted by atomic mass is 32.1. The molecule has 0 aromatic carbocycles. The predicted octanol–water partition coefficient (Wildman–Crippen LogP) is 1.04. The number of anilines is 2. The number of carbonyl (C=O) groups is 2. The van der Waals surface area contributed by atoms with Crippen molar-refractivity contribution >= 4 is 33.8 Å². The molecule has 1 aromatic heterocycles. The Morgan fingerprint density at radius 1 is 1.26 bits per heavy atom. The van der Waals surface area contributed by atoms with E-state index >= 15 is 0 Å². The smallest absolute Gasteiger partial charge is 0.263 e. The van der Waals surface area contributed by atoms with Gasteiger partial charge in [0, 0.05) is 20.6 Å². The summed E-state index contributed by atoms with van der Waals surface area (Å²) >= 11 is 1.15. The quantitative estimate of drug-likeness (QED) is 0.607. The van der Waals surface area contributed by atoms with Crippen molar-refractivity contribution in [2.24, 2.45) is 0 Å². The van der Waals surface area contributed by atoms with Crippen LogP contribution in [-0.2, 0) is 0 Å². The van der Waals surface area contributed by atoms with E-state index in [2.05, 4.69) is 22.5 Å². The number of rotatable bonds is 5. The van der Waals surface area contributed by atoms with Gasteiger partial charge in [-0.2, -0.15) is 0 Å². The molecule has 1 heterocycles. The highest BCUT2D eigenvalue weighted by molar-refractivity contribution is 7.19. The van der Waals surface area contributed by atoms with Crippen molar-refractivity contribution in [3.63, 3.8) is 0 Å². The summed E-state index contributed by atoms with van der Waals surface area (Å²) in [6.07, 6.45) is 0. The van der Waals surface area contributed by atoms with Gasteiger partial charge in [0.2, 0.25) is 0 Å². The molecule has 1 rings (SSSR count). The number of amides is 2. The molecule has 0 atom stereocenters. The molecule has 0 fully saturated rings. The Balaban J connectivity index is 3.23. The first-order chi connectivity index (χ1) is 8.92. The zero-order valence-electron chi connectivity index (χ0n) is 11.2. The second-order valence-electron chi connectivity index (χ2n) is 4.02. The van der Waals surface area contributed by atoms with Crippen molar-refractivity contribution in [3.8, 4) is 0 Å². The van der Waals surface area contributed by atoms with Gasteiger partial charge in [0.25, 0.3) is 11.8 Å². The van der Waals surface area contributed by atoms with Crippen molar-refractivity contribution in [1.29, 1.82) is 0 Å². The van der Waals surface area contributed by atoms with Gasteiger partial charge < -0.3 is 21.7 Å². The van der Waals surface area contributed by atoms with E-state index in [-0.39, 0.29) is 17.5 Å². The predicted molar refractivity (Wildman–Crippen MR) is 78.8 cm³/mol. The van der Waals surface area contributed by atoms with E-state index < -0.39 is 0 Å². The van der Waals surface area contributed by atoms with Gasteiger partial charge in [-0.1, -0.05) is 12.2 Å². The van der Waals surface area contributed by atoms with Crippen molar-refractivity contribution in [1.82, 2.24) is 10.6 Å². The van der Waals surface area contributed by atoms with Gasteiger partial charge in [0.15, 0.2) is 0 Å². The Morgan fingerprint density at radius 3 is 2.32 bits per heavy atom. The van der Waals surface area contributed by atoms with Crippen LogP contribution in [-0.4, -0.2) is 32.5 Å². The Hall–Kier alpha value is -2.02. The molecule has 0 aliphatic heterocycles. The van der Waals surface area contributed by atoms with Crippen LogP contribution in [0, 0.1) is 0 Å². The molecule has 104 valence electrons. The summed E-state index contributed by atoms with van der Waals surface area (Å²) in [5.74, 6) is -0.635. The van der Waals surface area contributed by atoms with Crippen LogP contribution in [0.5, 0.6) is 0 Å². The molecule has 0 aliphatic rings. The first-order valence-electron chi connectivity index (χ1n) is 5.67. The molecule has 1 aromatic rings. The van der Waals surface area contributed by atoms with Crippen LogP contribution in [0.2, 0.25) is 0 Å². The SMILES string of the molecule is C=C(C)CNc1sc(C(=O)NC)c(N)c1C(=O)NC. The van der Waals surface area contributed by atoms with Crippen LogP contribution in [0.15, 0.2) is 12.2 Å². The van der Waals surface area contributed by atoms with Gasteiger partial charge in [-0.3, -0.25) is 9.59 Å². The summed E-state index contributed by atoms with van der Waals surface area (Å²) in [7, 11) is 3.03. The average molecular weight is 282 g/mol. The minimum atomic E-state index is -0.326. The lowest BCUT2D eigenvalue weighted by atomic mass is 10.2. The molecule has 0 aliphatic carbocycles. The largest absolute Gasteiger partial charge is 0.397 e. The Bertz CT molecular complexity index is 522. The summed E-state index contributed by atoms with van der Waals surface area (Å²) < 4.78 is 0. The average Bonchev–Trinajstić information content (AvgIpc) is 2.71. The number of nitrogens with one attached hydrogen (secondary N) is 3. The molecule has 0 radical (unpaired) electrons. The van der Waals surface area contributed by atoms with Crippen LogP contribution >= 0.6 is 11.3 Å². The maximum atomic E-state index is 11.8. The van der Waals surface area contributed by atoms with Crippen LogP contribution in [0.4, 0.5) is 10.7 Å². The minimum Gasteiger partial charge on any atom is -0.397 e. The summed E-state index contributed by atoms with van der Waals surface area (Å²) in [5.41, 5.74) is 7.29. The van der Waals surface area contributed by atoms with E-state index in [1.54, 1.807) is 0 Å². The Morgan fingerprint density at radius 2 is 1.84 bits per heavy atom. The lowest BCUT2D eigenvalue weighted by Gasteiger charge is -2.06. The highest BCUT2D eigenvalue weighted by Gasteiger charge is 2.24. The van der Waals surface area contributed by atoms with Crippen LogP contribution < -0.4 is 21.7 Å². The molecular weight excluding hydrogens is 264 g/mol. The van der Waals surface area contributed by atoms with Crippen LogP contribution in [0.1, 0.15) is 27.0 Å². The summed E-state index contributed by atoms with van der Waals surface area (Å²) in [6.45, 7) is 6.15. The fourth-order valence-corrected chi connectivity index (χ4v) is 2.49. The van der Waals surface area contributed by atoms with Gasteiger partial charge in [-0.25, -0.2) is 0 Å². The van der Waals surface area contributed by atoms with E-state index in [9.17, 15) is 9.59 Å². The van der Waals surface area contributed by atoms with E-state index in [1.165, 1.54) is 14.1 Å². The lowest BCUT2D eigenvalue weighted by molar-refractivity contribution is 0.0963. The number of carbonyl (C=O) groups excluding carboxylic acids is 2. The normalized spacial score (nSPS) is 9.84. The standard InChI is InChI=1S/C12H18N4O2S/c1-6(2)5-16-12-7(10(17)14-3)8(13)9(19-12)11(18)15-4/h16H,1,5,13H2,2-4H3,(H,14,17)(H,15,18). The van der Waals surface area contributed by atoms with Crippen molar-refractivity contribution in [2.75, 3.05) is 31.7 Å². The zero-order chi connectivity index (χ0) is 14.6. The third-order valence-electron chi connectivity index (χ3n) is 2.38. The summed E-state index contributed by atoms with van der Waals surface area (Å²) in [6, 6.07) is 0. The fraction of sp³-hybridized carbons (Fsp3) is 0.333. The van der Waals surface area contributed by atoms with E-state index in [0.717, 1.165) is 16.9 Å². The molecule has 0 spiro atoms. The molecule has 5 N–H and O–H groups in total. The van der Waals surface area contributed by atoms with Gasteiger partial charge in [0.05, 0.1) is 11.3 Å². The molecule has 7 heteroatoms. The molecule has 0 saturated heterocycles. The molecule has 6 nitrogen and oxygen atoms in total. The van der Waals surface area contributed by atoms with Gasteiger partial charge in [-0.05, 0) is 6.92 Å². The van der Waals surface area contributed by atoms with E-state index in [0.29, 0.717) is 22.0 Å². The van der Waals surface area contributed by atoms with Gasteiger partial charge >= 0.3 is 0 Å². The fourth-order valence-electron chi connectivity index (χ4n) is 1.43. The molecule has 0 saturated carbocycles. The summed E-state index contributed by atoms with van der Waals surface area (Å²) in [4.78, 5) is 23.9. The highest BCUT2D eigenvalue weighted by Crippen LogP contribution is 2.35. The van der Waals surface area contributed by atoms with E-state index in [4.69, 9.17) is 5.73 Å². The summed E-state index contributed by atoms with van der Waals surface area (Å²) in [5, 5.41) is 8.65. The Labute approximate surface area is 116 Å². The van der Waals surface area contributed by atoms with E-state index in [1.807, 2.05) is 6.92 Å². The molecule has 0 bridgehead atoms. The third-order valence-corrected chi connectivity index (χ3v) is 3.55. The first-order valence-corrected chi connectivity index (χ1v) is 6.48. The maximum absolute atomic E-state index is 11.8. The monoisotopic (exact) mass is 282 g/mol. The molecule has 19 heavy (non-hydrogen) atoms. The number of hydrogen-bond acceptors (Lipinski definition) is 5. The number of nitrogens with two attached hydrogens (primary N) is 1. The van der Waals surface area contributed by atoms with Crippen molar-refractivity contribution < 1.29 is 9.59 Å². The topological polar surface area (TPSA) is 96.2 Å². The Kier molecular flexibility index (Phi) is 4.94. The van der Waals surface area contributed by atoms with Crippen LogP contribution in [0.3, 0.4) is 0 Å². The molecule has 2 amide bonds. The zero-order valence-corrected chi connectivity index (χ0v) is 12.0. The maximum Gasteiger partial charge on any atom is 0.263 e. The van der Waals surface area contributed by atoms with Crippen molar-refractivity contribution in [3.05, 3.63) is 22.6 Å². The van der Waals surface area contributed by atoms with Crippen molar-refractivity contribution in [2.45, 2.75) is 6.92 Å². The molecule has 0 unspecified atom stereocenters. The second kappa shape index (κ2) is 6.24. The lowest BCUT2D eigenvalue weighted by Crippen LogP contribution is -2.21. The van der Waals surface area contributed by atoms with Crippen LogP contribution in [0.25, 0.3) is 0 Å². The number of hydrogen-bond donors (Lipinski definition) is 4. The first kappa shape index (κ1) is 15.0. The number of thiophene rings is 1. The van der Waals surface area contributed by atoms with Gasteiger partial charge in [-0.15, -0.1) is 11.3 Å². The second-order valence-corrected chi connectivity index (χ2v) is 5.04.